The summed E-state index contributed by atoms with van der Waals surface area (Å²) in [4.78, 5) is 11.0. The van der Waals surface area contributed by atoms with E-state index in [0.29, 0.717) is 28.1 Å². The Kier molecular flexibility index (Phi) is 6.71. The molecule has 20 heavy (non-hydrogen) atoms. The highest BCUT2D eigenvalue weighted by molar-refractivity contribution is 9.10. The van der Waals surface area contributed by atoms with Crippen LogP contribution in [0, 0.1) is 0 Å². The highest BCUT2D eigenvalue weighted by Crippen LogP contribution is 2.32. The van der Waals surface area contributed by atoms with Gasteiger partial charge in [0.1, 0.15) is 11.5 Å². The lowest BCUT2D eigenvalue weighted by Crippen LogP contribution is -2.22. The van der Waals surface area contributed by atoms with Crippen LogP contribution < -0.4 is 9.47 Å². The molecular weight excluding hydrogens is 340 g/mol. The molecule has 0 N–H and O–H groups in total. The summed E-state index contributed by atoms with van der Waals surface area (Å²) in [5.41, 5.74) is 0.487. The van der Waals surface area contributed by atoms with Crippen LogP contribution in [0.2, 0.25) is 25.7 Å². The molecule has 6 heteroatoms. The zero-order chi connectivity index (χ0) is 15.2. The van der Waals surface area contributed by atoms with Crippen LogP contribution in [-0.4, -0.2) is 34.9 Å². The first kappa shape index (κ1) is 17.2. The molecule has 0 spiro atoms. The quantitative estimate of drug-likeness (QED) is 0.304. The third kappa shape index (κ3) is 5.64. The summed E-state index contributed by atoms with van der Waals surface area (Å²) in [6.45, 7) is 7.77. The minimum absolute atomic E-state index is 0.174. The topological polar surface area (TPSA) is 44.8 Å². The standard InChI is InChI=1S/C14H21BrO4Si/c1-17-13-8-12(7-11(9-16)14(13)15)19-10-18-5-6-20(2,3)4/h7-9H,5-6,10H2,1-4H3. The van der Waals surface area contributed by atoms with Crippen LogP contribution in [0.5, 0.6) is 11.5 Å². The van der Waals surface area contributed by atoms with Crippen molar-refractivity contribution in [1.82, 2.24) is 0 Å². The normalized spacial score (nSPS) is 11.2. The molecule has 1 rings (SSSR count). The fraction of sp³-hybridized carbons (Fsp3) is 0.500. The lowest BCUT2D eigenvalue weighted by atomic mass is 10.2. The van der Waals surface area contributed by atoms with E-state index in [-0.39, 0.29) is 6.79 Å². The predicted octanol–water partition coefficient (Wildman–Crippen LogP) is 3.96. The molecular formula is C14H21BrO4Si. The van der Waals surface area contributed by atoms with E-state index in [1.165, 1.54) is 0 Å². The minimum Gasteiger partial charge on any atom is -0.495 e. The SMILES string of the molecule is COc1cc(OCOCC[Si](C)(C)C)cc(C=O)c1Br. The van der Waals surface area contributed by atoms with Crippen molar-refractivity contribution in [2.24, 2.45) is 0 Å². The molecule has 0 unspecified atom stereocenters. The van der Waals surface area contributed by atoms with Gasteiger partial charge in [-0.1, -0.05) is 19.6 Å². The van der Waals surface area contributed by atoms with Crippen LogP contribution in [0.3, 0.4) is 0 Å². The van der Waals surface area contributed by atoms with Gasteiger partial charge in [0.05, 0.1) is 11.6 Å². The van der Waals surface area contributed by atoms with Crippen molar-refractivity contribution in [3.05, 3.63) is 22.2 Å². The largest absolute Gasteiger partial charge is 0.495 e. The average molecular weight is 361 g/mol. The Morgan fingerprint density at radius 1 is 1.30 bits per heavy atom. The van der Waals surface area contributed by atoms with Crippen molar-refractivity contribution in [2.75, 3.05) is 20.5 Å². The third-order valence-corrected chi connectivity index (χ3v) is 5.25. The number of hydrogen-bond donors (Lipinski definition) is 0. The van der Waals surface area contributed by atoms with Gasteiger partial charge in [-0.3, -0.25) is 4.79 Å². The Bertz CT molecular complexity index is 457. The molecule has 0 saturated carbocycles. The smallest absolute Gasteiger partial charge is 0.189 e. The molecule has 0 bridgehead atoms. The highest BCUT2D eigenvalue weighted by Gasteiger charge is 2.12. The van der Waals surface area contributed by atoms with E-state index in [9.17, 15) is 4.79 Å². The Balaban J connectivity index is 2.54. The van der Waals surface area contributed by atoms with Crippen molar-refractivity contribution < 1.29 is 19.0 Å². The summed E-state index contributed by atoms with van der Waals surface area (Å²) < 4.78 is 16.8. The molecule has 1 aromatic rings. The van der Waals surface area contributed by atoms with Gasteiger partial charge in [0.2, 0.25) is 0 Å². The van der Waals surface area contributed by atoms with Crippen molar-refractivity contribution in [2.45, 2.75) is 25.7 Å². The average Bonchev–Trinajstić information content (AvgIpc) is 2.38. The molecule has 0 amide bonds. The molecule has 0 fully saturated rings. The van der Waals surface area contributed by atoms with Gasteiger partial charge in [0.25, 0.3) is 0 Å². The van der Waals surface area contributed by atoms with E-state index in [1.807, 2.05) is 0 Å². The number of halogens is 1. The summed E-state index contributed by atoms with van der Waals surface area (Å²) in [7, 11) is 0.468. The van der Waals surface area contributed by atoms with Crippen LogP contribution >= 0.6 is 15.9 Å². The zero-order valence-electron chi connectivity index (χ0n) is 12.4. The first-order chi connectivity index (χ1) is 9.37. The van der Waals surface area contributed by atoms with Crippen LogP contribution in [0.4, 0.5) is 0 Å². The number of benzene rings is 1. The maximum atomic E-state index is 11.0. The van der Waals surface area contributed by atoms with E-state index < -0.39 is 8.07 Å². The molecule has 0 aliphatic rings. The zero-order valence-corrected chi connectivity index (χ0v) is 15.0. The number of carbonyl (C=O) groups excluding carboxylic acids is 1. The summed E-state index contributed by atoms with van der Waals surface area (Å²) in [6.07, 6.45) is 0.755. The molecule has 0 aliphatic carbocycles. The van der Waals surface area contributed by atoms with Crippen molar-refractivity contribution >= 4 is 30.3 Å². The molecule has 0 heterocycles. The summed E-state index contributed by atoms with van der Waals surface area (Å²) >= 11 is 3.31. The Hall–Kier alpha value is -0.853. The van der Waals surface area contributed by atoms with Gasteiger partial charge in [-0.25, -0.2) is 0 Å². The predicted molar refractivity (Wildman–Crippen MR) is 85.7 cm³/mol. The van der Waals surface area contributed by atoms with E-state index in [1.54, 1.807) is 19.2 Å². The number of aldehydes is 1. The van der Waals surface area contributed by atoms with Crippen LogP contribution in [-0.2, 0) is 4.74 Å². The van der Waals surface area contributed by atoms with Crippen molar-refractivity contribution in [3.8, 4) is 11.5 Å². The lowest BCUT2D eigenvalue weighted by Gasteiger charge is -2.16. The molecule has 0 atom stereocenters. The van der Waals surface area contributed by atoms with Gasteiger partial charge >= 0.3 is 0 Å². The van der Waals surface area contributed by atoms with E-state index in [4.69, 9.17) is 14.2 Å². The molecule has 0 aromatic heterocycles. The maximum Gasteiger partial charge on any atom is 0.189 e. The molecule has 0 aliphatic heterocycles. The van der Waals surface area contributed by atoms with E-state index in [0.717, 1.165) is 12.3 Å². The molecule has 0 radical (unpaired) electrons. The Morgan fingerprint density at radius 2 is 2.00 bits per heavy atom. The van der Waals surface area contributed by atoms with Gasteiger partial charge < -0.3 is 14.2 Å². The molecule has 112 valence electrons. The van der Waals surface area contributed by atoms with Crippen LogP contribution in [0.15, 0.2) is 16.6 Å². The van der Waals surface area contributed by atoms with Gasteiger partial charge in [0.15, 0.2) is 13.1 Å². The van der Waals surface area contributed by atoms with Gasteiger partial charge in [-0.15, -0.1) is 0 Å². The monoisotopic (exact) mass is 360 g/mol. The third-order valence-electron chi connectivity index (χ3n) is 2.69. The lowest BCUT2D eigenvalue weighted by molar-refractivity contribution is 0.0219. The number of methoxy groups -OCH3 is 1. The fourth-order valence-electron chi connectivity index (χ4n) is 1.46. The molecule has 0 saturated heterocycles. The first-order valence-electron chi connectivity index (χ1n) is 6.40. The Morgan fingerprint density at radius 3 is 2.55 bits per heavy atom. The second kappa shape index (κ2) is 7.80. The minimum atomic E-state index is -1.08. The van der Waals surface area contributed by atoms with Crippen molar-refractivity contribution in [3.63, 3.8) is 0 Å². The highest BCUT2D eigenvalue weighted by atomic mass is 79.9. The second-order valence-corrected chi connectivity index (χ2v) is 12.0. The summed E-state index contributed by atoms with van der Waals surface area (Å²) in [5.74, 6) is 1.12. The van der Waals surface area contributed by atoms with Crippen LogP contribution in [0.25, 0.3) is 0 Å². The van der Waals surface area contributed by atoms with Crippen molar-refractivity contribution in [1.29, 1.82) is 0 Å². The summed E-state index contributed by atoms with van der Waals surface area (Å²) in [6, 6.07) is 4.47. The number of carbonyl (C=O) groups is 1. The number of hydrogen-bond acceptors (Lipinski definition) is 4. The maximum absolute atomic E-state index is 11.0. The summed E-state index contributed by atoms with van der Waals surface area (Å²) in [5, 5.41) is 0. The van der Waals surface area contributed by atoms with E-state index >= 15 is 0 Å². The van der Waals surface area contributed by atoms with Gasteiger partial charge in [0, 0.05) is 26.3 Å². The van der Waals surface area contributed by atoms with Crippen LogP contribution in [0.1, 0.15) is 10.4 Å². The molecule has 4 nitrogen and oxygen atoms in total. The number of ether oxygens (including phenoxy) is 3. The second-order valence-electron chi connectivity index (χ2n) is 5.63. The number of rotatable bonds is 8. The first-order valence-corrected chi connectivity index (χ1v) is 10.9. The van der Waals surface area contributed by atoms with E-state index in [2.05, 4.69) is 35.6 Å². The Labute approximate surface area is 129 Å². The fourth-order valence-corrected chi connectivity index (χ4v) is 2.70. The molecule has 1 aromatic carbocycles. The van der Waals surface area contributed by atoms with Gasteiger partial charge in [-0.2, -0.15) is 0 Å². The van der Waals surface area contributed by atoms with Gasteiger partial charge in [-0.05, 0) is 28.0 Å².